The van der Waals surface area contributed by atoms with E-state index in [1.165, 1.54) is 5.56 Å². The Morgan fingerprint density at radius 2 is 1.52 bits per heavy atom. The molecule has 3 rings (SSSR count). The number of piperazine rings is 1. The zero-order valence-electron chi connectivity index (χ0n) is 16.1. The molecule has 5 heteroatoms. The summed E-state index contributed by atoms with van der Waals surface area (Å²) in [6, 6.07) is 16.2. The van der Waals surface area contributed by atoms with Crippen molar-refractivity contribution in [3.63, 3.8) is 0 Å². The Bertz CT molecular complexity index is 776. The molecule has 1 saturated heterocycles. The zero-order chi connectivity index (χ0) is 19.2. The quantitative estimate of drug-likeness (QED) is 0.829. The summed E-state index contributed by atoms with van der Waals surface area (Å²) >= 11 is 0. The van der Waals surface area contributed by atoms with Crippen molar-refractivity contribution in [3.8, 4) is 0 Å². The lowest BCUT2D eigenvalue weighted by Gasteiger charge is -2.34. The topological polar surface area (TPSA) is 52.7 Å². The van der Waals surface area contributed by atoms with Crippen LogP contribution in [0.25, 0.3) is 0 Å². The fourth-order valence-corrected chi connectivity index (χ4v) is 3.44. The summed E-state index contributed by atoms with van der Waals surface area (Å²) in [5.74, 6) is -0.345. The minimum absolute atomic E-state index is 0.0990. The lowest BCUT2D eigenvalue weighted by Crippen LogP contribution is -2.48. The molecule has 1 aliphatic heterocycles. The molecular formula is C22H27N3O2. The minimum atomic E-state index is -0.246. The van der Waals surface area contributed by atoms with Crippen molar-refractivity contribution >= 4 is 17.5 Å². The van der Waals surface area contributed by atoms with Gasteiger partial charge in [-0.15, -0.1) is 0 Å². The van der Waals surface area contributed by atoms with E-state index < -0.39 is 0 Å². The Kier molecular flexibility index (Phi) is 6.24. The molecule has 0 saturated carbocycles. The molecule has 2 amide bonds. The third-order valence-corrected chi connectivity index (χ3v) is 5.03. The highest BCUT2D eigenvalue weighted by atomic mass is 16.2. The second kappa shape index (κ2) is 8.82. The van der Waals surface area contributed by atoms with Crippen molar-refractivity contribution in [1.29, 1.82) is 0 Å². The molecule has 27 heavy (non-hydrogen) atoms. The Morgan fingerprint density at radius 1 is 0.889 bits per heavy atom. The van der Waals surface area contributed by atoms with Gasteiger partial charge in [-0.25, -0.2) is 0 Å². The van der Waals surface area contributed by atoms with Gasteiger partial charge >= 0.3 is 0 Å². The Hall–Kier alpha value is -2.66. The number of rotatable bonds is 5. The van der Waals surface area contributed by atoms with Gasteiger partial charge in [-0.3, -0.25) is 14.5 Å². The molecule has 2 aromatic carbocycles. The van der Waals surface area contributed by atoms with Gasteiger partial charge in [0.05, 0.1) is 0 Å². The van der Waals surface area contributed by atoms with Crippen LogP contribution in [0.1, 0.15) is 23.1 Å². The number of benzene rings is 2. The summed E-state index contributed by atoms with van der Waals surface area (Å²) in [5, 5.41) is 2.89. The van der Waals surface area contributed by atoms with Crippen LogP contribution in [-0.4, -0.2) is 47.8 Å². The lowest BCUT2D eigenvalue weighted by molar-refractivity contribution is -0.136. The molecule has 0 radical (unpaired) electrons. The Morgan fingerprint density at radius 3 is 2.15 bits per heavy atom. The predicted octanol–water partition coefficient (Wildman–Crippen LogP) is 2.98. The SMILES string of the molecule is Cc1cccc(C)c1NC(=O)CC(=O)N1CCN(Cc2ccccc2)CC1. The molecule has 142 valence electrons. The fraction of sp³-hybridized carbons (Fsp3) is 0.364. The van der Waals surface area contributed by atoms with Crippen LogP contribution in [0.2, 0.25) is 0 Å². The number of hydrogen-bond acceptors (Lipinski definition) is 3. The highest BCUT2D eigenvalue weighted by Crippen LogP contribution is 2.19. The van der Waals surface area contributed by atoms with E-state index in [1.54, 1.807) is 4.90 Å². The molecule has 0 aliphatic carbocycles. The summed E-state index contributed by atoms with van der Waals surface area (Å²) in [5.41, 5.74) is 4.10. The Balaban J connectivity index is 1.47. The summed E-state index contributed by atoms with van der Waals surface area (Å²) in [6.07, 6.45) is -0.105. The van der Waals surface area contributed by atoms with E-state index in [-0.39, 0.29) is 18.2 Å². The van der Waals surface area contributed by atoms with E-state index in [1.807, 2.05) is 50.2 Å². The summed E-state index contributed by atoms with van der Waals surface area (Å²) in [7, 11) is 0. The minimum Gasteiger partial charge on any atom is -0.340 e. The van der Waals surface area contributed by atoms with Gasteiger partial charge < -0.3 is 10.2 Å². The second-order valence-electron chi connectivity index (χ2n) is 7.13. The third kappa shape index (κ3) is 5.17. The van der Waals surface area contributed by atoms with Crippen molar-refractivity contribution in [2.24, 2.45) is 0 Å². The largest absolute Gasteiger partial charge is 0.340 e. The lowest BCUT2D eigenvalue weighted by atomic mass is 10.1. The van der Waals surface area contributed by atoms with E-state index in [4.69, 9.17) is 0 Å². The standard InChI is InChI=1S/C22H27N3O2/c1-17-7-6-8-18(2)22(17)23-20(26)15-21(27)25-13-11-24(12-14-25)16-19-9-4-3-5-10-19/h3-10H,11-16H2,1-2H3,(H,23,26). The smallest absolute Gasteiger partial charge is 0.233 e. The maximum absolute atomic E-state index is 12.5. The van der Waals surface area contributed by atoms with Crippen LogP contribution in [0.15, 0.2) is 48.5 Å². The van der Waals surface area contributed by atoms with Gasteiger partial charge in [0.2, 0.25) is 11.8 Å². The molecule has 0 bridgehead atoms. The highest BCUT2D eigenvalue weighted by Gasteiger charge is 2.23. The van der Waals surface area contributed by atoms with Crippen LogP contribution in [0, 0.1) is 13.8 Å². The molecule has 2 aromatic rings. The molecule has 1 N–H and O–H groups in total. The van der Waals surface area contributed by atoms with Crippen molar-refractivity contribution in [1.82, 2.24) is 9.80 Å². The first-order valence-corrected chi connectivity index (χ1v) is 9.43. The van der Waals surface area contributed by atoms with Crippen LogP contribution in [0.3, 0.4) is 0 Å². The maximum Gasteiger partial charge on any atom is 0.233 e. The van der Waals surface area contributed by atoms with E-state index in [0.29, 0.717) is 13.1 Å². The summed E-state index contributed by atoms with van der Waals surface area (Å²) in [6.45, 7) is 7.81. The monoisotopic (exact) mass is 365 g/mol. The van der Waals surface area contributed by atoms with Crippen LogP contribution in [0.4, 0.5) is 5.69 Å². The predicted molar refractivity (Wildman–Crippen MR) is 107 cm³/mol. The van der Waals surface area contributed by atoms with Gasteiger partial charge in [-0.05, 0) is 30.5 Å². The molecule has 1 fully saturated rings. The average molecular weight is 365 g/mol. The van der Waals surface area contributed by atoms with Crippen LogP contribution < -0.4 is 5.32 Å². The van der Waals surface area contributed by atoms with Gasteiger partial charge in [0.15, 0.2) is 0 Å². The van der Waals surface area contributed by atoms with Crippen LogP contribution >= 0.6 is 0 Å². The second-order valence-corrected chi connectivity index (χ2v) is 7.13. The van der Waals surface area contributed by atoms with E-state index in [0.717, 1.165) is 36.4 Å². The van der Waals surface area contributed by atoms with Gasteiger partial charge in [-0.1, -0.05) is 48.5 Å². The van der Waals surface area contributed by atoms with E-state index in [9.17, 15) is 9.59 Å². The molecular weight excluding hydrogens is 338 g/mol. The van der Waals surface area contributed by atoms with Crippen molar-refractivity contribution in [2.75, 3.05) is 31.5 Å². The number of para-hydroxylation sites is 1. The van der Waals surface area contributed by atoms with Gasteiger partial charge in [0.25, 0.3) is 0 Å². The molecule has 0 spiro atoms. The number of carbonyl (C=O) groups excluding carboxylic acids is 2. The van der Waals surface area contributed by atoms with Crippen molar-refractivity contribution < 1.29 is 9.59 Å². The van der Waals surface area contributed by atoms with E-state index >= 15 is 0 Å². The fourth-order valence-electron chi connectivity index (χ4n) is 3.44. The molecule has 0 unspecified atom stereocenters. The number of carbonyl (C=O) groups is 2. The molecule has 5 nitrogen and oxygen atoms in total. The first-order valence-electron chi connectivity index (χ1n) is 9.43. The zero-order valence-corrected chi connectivity index (χ0v) is 16.1. The number of aryl methyl sites for hydroxylation is 2. The van der Waals surface area contributed by atoms with Crippen LogP contribution in [0.5, 0.6) is 0 Å². The number of amides is 2. The third-order valence-electron chi connectivity index (χ3n) is 5.03. The molecule has 0 atom stereocenters. The molecule has 1 aliphatic rings. The number of hydrogen-bond donors (Lipinski definition) is 1. The van der Waals surface area contributed by atoms with Gasteiger partial charge in [0.1, 0.15) is 6.42 Å². The first-order chi connectivity index (χ1) is 13.0. The normalized spacial score (nSPS) is 14.8. The van der Waals surface area contributed by atoms with Crippen LogP contribution in [-0.2, 0) is 16.1 Å². The van der Waals surface area contributed by atoms with Gasteiger partial charge in [-0.2, -0.15) is 0 Å². The first kappa shape index (κ1) is 19.1. The van der Waals surface area contributed by atoms with Gasteiger partial charge in [0, 0.05) is 38.4 Å². The summed E-state index contributed by atoms with van der Waals surface area (Å²) < 4.78 is 0. The Labute approximate surface area is 161 Å². The highest BCUT2D eigenvalue weighted by molar-refractivity contribution is 6.04. The average Bonchev–Trinajstić information content (AvgIpc) is 2.66. The van der Waals surface area contributed by atoms with Crippen molar-refractivity contribution in [2.45, 2.75) is 26.8 Å². The molecule has 0 aromatic heterocycles. The van der Waals surface area contributed by atoms with E-state index in [2.05, 4.69) is 22.3 Å². The number of nitrogens with one attached hydrogen (secondary N) is 1. The van der Waals surface area contributed by atoms with Crippen molar-refractivity contribution in [3.05, 3.63) is 65.2 Å². The maximum atomic E-state index is 12.5. The number of anilines is 1. The number of nitrogens with zero attached hydrogens (tertiary/aromatic N) is 2. The summed E-state index contributed by atoms with van der Waals surface area (Å²) in [4.78, 5) is 28.9. The molecule has 1 heterocycles.